The summed E-state index contributed by atoms with van der Waals surface area (Å²) in [4.78, 5) is 10.4. The van der Waals surface area contributed by atoms with Gasteiger partial charge in [0, 0.05) is 17.8 Å². The van der Waals surface area contributed by atoms with Crippen LogP contribution in [0.4, 0.5) is 0 Å². The van der Waals surface area contributed by atoms with Crippen LogP contribution < -0.4 is 5.32 Å². The molecule has 94 valence electrons. The SMILES string of the molecule is Cc1nc(C)c(C(C)NC2=NCCCCC2)s1. The van der Waals surface area contributed by atoms with Gasteiger partial charge in [-0.15, -0.1) is 11.3 Å². The molecule has 1 aliphatic heterocycles. The van der Waals surface area contributed by atoms with E-state index < -0.39 is 0 Å². The van der Waals surface area contributed by atoms with Crippen LogP contribution in [0.2, 0.25) is 0 Å². The van der Waals surface area contributed by atoms with Crippen molar-refractivity contribution in [3.05, 3.63) is 15.6 Å². The Kier molecular flexibility index (Phi) is 4.15. The van der Waals surface area contributed by atoms with E-state index >= 15 is 0 Å². The number of rotatable bonds is 2. The van der Waals surface area contributed by atoms with Gasteiger partial charge >= 0.3 is 0 Å². The van der Waals surface area contributed by atoms with E-state index in [1.54, 1.807) is 11.3 Å². The van der Waals surface area contributed by atoms with Crippen LogP contribution in [0.15, 0.2) is 4.99 Å². The molecular weight excluding hydrogens is 230 g/mol. The Balaban J connectivity index is 2.03. The van der Waals surface area contributed by atoms with Gasteiger partial charge in [0.25, 0.3) is 0 Å². The summed E-state index contributed by atoms with van der Waals surface area (Å²) < 4.78 is 0. The summed E-state index contributed by atoms with van der Waals surface area (Å²) >= 11 is 1.79. The normalized spacial score (nSPS) is 18.4. The Hall–Kier alpha value is -0.900. The molecule has 1 aromatic rings. The van der Waals surface area contributed by atoms with Crippen LogP contribution in [-0.2, 0) is 0 Å². The summed E-state index contributed by atoms with van der Waals surface area (Å²) in [6.07, 6.45) is 4.90. The molecule has 0 radical (unpaired) electrons. The molecule has 0 fully saturated rings. The van der Waals surface area contributed by atoms with Crippen LogP contribution in [0.3, 0.4) is 0 Å². The predicted molar refractivity (Wildman–Crippen MR) is 73.9 cm³/mol. The smallest absolute Gasteiger partial charge is 0.0968 e. The lowest BCUT2D eigenvalue weighted by Crippen LogP contribution is -2.26. The van der Waals surface area contributed by atoms with Gasteiger partial charge in [0.1, 0.15) is 0 Å². The van der Waals surface area contributed by atoms with Gasteiger partial charge in [0.05, 0.1) is 22.6 Å². The first kappa shape index (κ1) is 12.6. The van der Waals surface area contributed by atoms with Gasteiger partial charge in [-0.2, -0.15) is 0 Å². The summed E-state index contributed by atoms with van der Waals surface area (Å²) in [7, 11) is 0. The third kappa shape index (κ3) is 3.28. The minimum atomic E-state index is 0.332. The molecule has 1 aliphatic rings. The maximum atomic E-state index is 4.61. The average molecular weight is 251 g/mol. The lowest BCUT2D eigenvalue weighted by molar-refractivity contribution is 0.698. The van der Waals surface area contributed by atoms with E-state index in [4.69, 9.17) is 0 Å². The summed E-state index contributed by atoms with van der Waals surface area (Å²) in [6.45, 7) is 7.34. The molecule has 3 nitrogen and oxygen atoms in total. The molecule has 0 aromatic carbocycles. The highest BCUT2D eigenvalue weighted by Crippen LogP contribution is 2.24. The first-order valence-electron chi connectivity index (χ1n) is 6.40. The third-order valence-electron chi connectivity index (χ3n) is 3.09. The fraction of sp³-hybridized carbons (Fsp3) is 0.692. The minimum absolute atomic E-state index is 0.332. The second-order valence-corrected chi connectivity index (χ2v) is 5.92. The van der Waals surface area contributed by atoms with Crippen molar-refractivity contribution < 1.29 is 0 Å². The van der Waals surface area contributed by atoms with Gasteiger partial charge in [0.15, 0.2) is 0 Å². The number of nitrogens with zero attached hydrogens (tertiary/aromatic N) is 2. The number of hydrogen-bond acceptors (Lipinski definition) is 4. The summed E-state index contributed by atoms with van der Waals surface area (Å²) in [5, 5.41) is 4.70. The molecule has 0 aliphatic carbocycles. The molecular formula is C13H21N3S. The molecule has 1 aromatic heterocycles. The van der Waals surface area contributed by atoms with Crippen molar-refractivity contribution >= 4 is 17.2 Å². The molecule has 0 spiro atoms. The van der Waals surface area contributed by atoms with Crippen LogP contribution in [0.25, 0.3) is 0 Å². The van der Waals surface area contributed by atoms with E-state index in [-0.39, 0.29) is 0 Å². The quantitative estimate of drug-likeness (QED) is 0.875. The summed E-state index contributed by atoms with van der Waals surface area (Å²) in [6, 6.07) is 0.332. The fourth-order valence-electron chi connectivity index (χ4n) is 2.26. The Morgan fingerprint density at radius 2 is 2.06 bits per heavy atom. The van der Waals surface area contributed by atoms with Gasteiger partial charge < -0.3 is 5.32 Å². The van der Waals surface area contributed by atoms with Gasteiger partial charge in [-0.25, -0.2) is 4.98 Å². The van der Waals surface area contributed by atoms with Crippen LogP contribution in [-0.4, -0.2) is 17.4 Å². The number of nitrogens with one attached hydrogen (secondary N) is 1. The lowest BCUT2D eigenvalue weighted by atomic mass is 10.2. The van der Waals surface area contributed by atoms with Gasteiger partial charge in [-0.3, -0.25) is 4.99 Å². The molecule has 1 N–H and O–H groups in total. The van der Waals surface area contributed by atoms with Crippen molar-refractivity contribution in [3.63, 3.8) is 0 Å². The van der Waals surface area contributed by atoms with Crippen LogP contribution in [0.1, 0.15) is 54.2 Å². The Bertz CT molecular complexity index is 409. The van der Waals surface area contributed by atoms with E-state index in [9.17, 15) is 0 Å². The number of thiazole rings is 1. The zero-order valence-electron chi connectivity index (χ0n) is 10.9. The third-order valence-corrected chi connectivity index (χ3v) is 4.35. The van der Waals surface area contributed by atoms with E-state index in [0.29, 0.717) is 6.04 Å². The Morgan fingerprint density at radius 3 is 2.76 bits per heavy atom. The van der Waals surface area contributed by atoms with Gasteiger partial charge in [-0.05, 0) is 33.6 Å². The van der Waals surface area contributed by atoms with E-state index in [1.165, 1.54) is 30.0 Å². The van der Waals surface area contributed by atoms with E-state index in [1.807, 2.05) is 0 Å². The van der Waals surface area contributed by atoms with E-state index in [2.05, 4.69) is 36.1 Å². The standard InChI is InChI=1S/C13H21N3S/c1-9-13(17-11(3)15-9)10(2)16-12-7-5-4-6-8-14-12/h10H,4-8H2,1-3H3,(H,14,16). The number of amidine groups is 1. The predicted octanol–water partition coefficient (Wildman–Crippen LogP) is 3.38. The zero-order chi connectivity index (χ0) is 12.3. The molecule has 2 heterocycles. The van der Waals surface area contributed by atoms with E-state index in [0.717, 1.165) is 23.7 Å². The molecule has 17 heavy (non-hydrogen) atoms. The maximum Gasteiger partial charge on any atom is 0.0968 e. The summed E-state index contributed by atoms with van der Waals surface area (Å²) in [5.74, 6) is 1.18. The Labute approximate surface area is 107 Å². The Morgan fingerprint density at radius 1 is 1.24 bits per heavy atom. The van der Waals surface area contributed by atoms with Gasteiger partial charge in [0.2, 0.25) is 0 Å². The highest BCUT2D eigenvalue weighted by Gasteiger charge is 2.14. The van der Waals surface area contributed by atoms with Crippen molar-refractivity contribution in [3.8, 4) is 0 Å². The molecule has 2 rings (SSSR count). The molecule has 0 bridgehead atoms. The second-order valence-electron chi connectivity index (χ2n) is 4.69. The van der Waals surface area contributed by atoms with Crippen molar-refractivity contribution in [2.24, 2.45) is 4.99 Å². The minimum Gasteiger partial charge on any atom is -0.366 e. The number of hydrogen-bond donors (Lipinski definition) is 1. The second kappa shape index (κ2) is 5.63. The van der Waals surface area contributed by atoms with Crippen LogP contribution >= 0.6 is 11.3 Å². The van der Waals surface area contributed by atoms with Crippen molar-refractivity contribution in [2.75, 3.05) is 6.54 Å². The molecule has 0 saturated heterocycles. The first-order chi connectivity index (χ1) is 8.16. The summed E-state index contributed by atoms with van der Waals surface area (Å²) in [5.41, 5.74) is 1.15. The lowest BCUT2D eigenvalue weighted by Gasteiger charge is -2.15. The maximum absolute atomic E-state index is 4.61. The molecule has 0 amide bonds. The van der Waals surface area contributed by atoms with Gasteiger partial charge in [-0.1, -0.05) is 6.42 Å². The van der Waals surface area contributed by atoms with Crippen molar-refractivity contribution in [1.82, 2.24) is 10.3 Å². The fourth-order valence-corrected chi connectivity index (χ4v) is 3.19. The molecule has 1 unspecified atom stereocenters. The zero-order valence-corrected chi connectivity index (χ0v) is 11.7. The number of aryl methyl sites for hydroxylation is 2. The largest absolute Gasteiger partial charge is 0.366 e. The van der Waals surface area contributed by atoms with Crippen LogP contribution in [0, 0.1) is 13.8 Å². The number of aromatic nitrogens is 1. The van der Waals surface area contributed by atoms with Crippen molar-refractivity contribution in [1.29, 1.82) is 0 Å². The number of aliphatic imine (C=N–C) groups is 1. The monoisotopic (exact) mass is 251 g/mol. The average Bonchev–Trinajstić information content (AvgIpc) is 2.51. The highest BCUT2D eigenvalue weighted by atomic mass is 32.1. The highest BCUT2D eigenvalue weighted by molar-refractivity contribution is 7.11. The van der Waals surface area contributed by atoms with Crippen molar-refractivity contribution in [2.45, 2.75) is 52.5 Å². The molecule has 1 atom stereocenters. The molecule has 4 heteroatoms. The molecule has 0 saturated carbocycles. The first-order valence-corrected chi connectivity index (χ1v) is 7.22. The topological polar surface area (TPSA) is 37.3 Å². The van der Waals surface area contributed by atoms with Crippen LogP contribution in [0.5, 0.6) is 0 Å².